The highest BCUT2D eigenvalue weighted by Crippen LogP contribution is 2.35. The van der Waals surface area contributed by atoms with E-state index in [4.69, 9.17) is 5.84 Å². The van der Waals surface area contributed by atoms with Crippen molar-refractivity contribution in [2.45, 2.75) is 13.5 Å². The van der Waals surface area contributed by atoms with Gasteiger partial charge in [-0.2, -0.15) is 0 Å². The molecule has 1 amide bonds. The minimum atomic E-state index is -0.448. The minimum Gasteiger partial charge on any atom is -0.293 e. The van der Waals surface area contributed by atoms with Crippen LogP contribution in [0.1, 0.15) is 4.88 Å². The van der Waals surface area contributed by atoms with Crippen molar-refractivity contribution in [2.24, 2.45) is 5.84 Å². The van der Waals surface area contributed by atoms with Gasteiger partial charge in [-0.25, -0.2) is 10.8 Å². The number of rotatable bonds is 3. The lowest BCUT2D eigenvalue weighted by Gasteiger charge is -2.05. The molecule has 6 nitrogen and oxygen atoms in total. The van der Waals surface area contributed by atoms with E-state index in [1.165, 1.54) is 22.2 Å². The summed E-state index contributed by atoms with van der Waals surface area (Å²) in [5.74, 6) is 4.63. The SMILES string of the molecule is Cc1sc2ncn(CC(=O)NN)c(=O)c2c1-c1ccccc1. The predicted molar refractivity (Wildman–Crippen MR) is 86.4 cm³/mol. The first-order valence-corrected chi connectivity index (χ1v) is 7.47. The van der Waals surface area contributed by atoms with Crippen LogP contribution in [0.25, 0.3) is 21.3 Å². The largest absolute Gasteiger partial charge is 0.293 e. The van der Waals surface area contributed by atoms with E-state index in [9.17, 15) is 9.59 Å². The molecule has 0 bridgehead atoms. The van der Waals surface area contributed by atoms with Crippen LogP contribution in [-0.4, -0.2) is 15.5 Å². The van der Waals surface area contributed by atoms with E-state index in [-0.39, 0.29) is 12.1 Å². The summed E-state index contributed by atoms with van der Waals surface area (Å²) in [6, 6.07) is 9.69. The Kier molecular flexibility index (Phi) is 3.74. The Labute approximate surface area is 130 Å². The lowest BCUT2D eigenvalue weighted by atomic mass is 10.0. The molecular formula is C15H14N4O2S. The average Bonchev–Trinajstić information content (AvgIpc) is 2.87. The first-order chi connectivity index (χ1) is 10.6. The molecule has 0 aliphatic carbocycles. The van der Waals surface area contributed by atoms with Gasteiger partial charge in [0.25, 0.3) is 11.5 Å². The lowest BCUT2D eigenvalue weighted by molar-refractivity contribution is -0.121. The van der Waals surface area contributed by atoms with Gasteiger partial charge in [0, 0.05) is 10.4 Å². The van der Waals surface area contributed by atoms with Crippen LogP contribution in [-0.2, 0) is 11.3 Å². The molecule has 0 unspecified atom stereocenters. The second-order valence-corrected chi connectivity index (χ2v) is 6.03. The van der Waals surface area contributed by atoms with Crippen molar-refractivity contribution in [2.75, 3.05) is 0 Å². The Morgan fingerprint density at radius 2 is 2.09 bits per heavy atom. The maximum absolute atomic E-state index is 12.7. The van der Waals surface area contributed by atoms with Crippen molar-refractivity contribution < 1.29 is 4.79 Å². The molecule has 3 rings (SSSR count). The first-order valence-electron chi connectivity index (χ1n) is 6.65. The molecule has 22 heavy (non-hydrogen) atoms. The summed E-state index contributed by atoms with van der Waals surface area (Å²) < 4.78 is 1.27. The average molecular weight is 314 g/mol. The van der Waals surface area contributed by atoms with Gasteiger partial charge in [0.15, 0.2) is 0 Å². The Hall–Kier alpha value is -2.51. The van der Waals surface area contributed by atoms with Gasteiger partial charge in [0.2, 0.25) is 0 Å². The third-order valence-corrected chi connectivity index (χ3v) is 4.41. The number of nitrogens with two attached hydrogens (primary N) is 1. The van der Waals surface area contributed by atoms with Gasteiger partial charge in [-0.1, -0.05) is 30.3 Å². The fourth-order valence-corrected chi connectivity index (χ4v) is 3.41. The first kappa shape index (κ1) is 14.4. The molecule has 0 aliphatic heterocycles. The van der Waals surface area contributed by atoms with Crippen molar-refractivity contribution in [3.63, 3.8) is 0 Å². The molecule has 0 aliphatic rings. The fourth-order valence-electron chi connectivity index (χ4n) is 2.40. The zero-order valence-electron chi connectivity index (χ0n) is 11.9. The number of carbonyl (C=O) groups is 1. The molecule has 0 radical (unpaired) electrons. The molecule has 2 aromatic heterocycles. The van der Waals surface area contributed by atoms with Gasteiger partial charge in [0.05, 0.1) is 11.7 Å². The van der Waals surface area contributed by atoms with Crippen molar-refractivity contribution >= 4 is 27.5 Å². The summed E-state index contributed by atoms with van der Waals surface area (Å²) in [6.45, 7) is 1.81. The van der Waals surface area contributed by atoms with Crippen LogP contribution in [0, 0.1) is 6.92 Å². The number of fused-ring (bicyclic) bond motifs is 1. The van der Waals surface area contributed by atoms with E-state index >= 15 is 0 Å². The number of nitrogens with one attached hydrogen (secondary N) is 1. The molecule has 0 fully saturated rings. The third kappa shape index (κ3) is 2.40. The second-order valence-electron chi connectivity index (χ2n) is 4.82. The molecular weight excluding hydrogens is 300 g/mol. The number of thiophene rings is 1. The number of aromatic nitrogens is 2. The Morgan fingerprint density at radius 1 is 1.36 bits per heavy atom. The molecule has 3 N–H and O–H groups in total. The van der Waals surface area contributed by atoms with E-state index < -0.39 is 5.91 Å². The molecule has 0 atom stereocenters. The van der Waals surface area contributed by atoms with Crippen molar-refractivity contribution in [1.29, 1.82) is 0 Å². The van der Waals surface area contributed by atoms with Gasteiger partial charge >= 0.3 is 0 Å². The summed E-state index contributed by atoms with van der Waals surface area (Å²) in [7, 11) is 0. The van der Waals surface area contributed by atoms with Gasteiger partial charge in [-0.3, -0.25) is 19.6 Å². The minimum absolute atomic E-state index is 0.151. The van der Waals surface area contributed by atoms with E-state index in [2.05, 4.69) is 4.98 Å². The molecule has 0 spiro atoms. The van der Waals surface area contributed by atoms with Crippen LogP contribution in [0.2, 0.25) is 0 Å². The summed E-state index contributed by atoms with van der Waals surface area (Å²) in [5.41, 5.74) is 3.62. The highest BCUT2D eigenvalue weighted by atomic mass is 32.1. The number of hydrazine groups is 1. The molecule has 0 saturated heterocycles. The van der Waals surface area contributed by atoms with Gasteiger partial charge in [-0.05, 0) is 12.5 Å². The Morgan fingerprint density at radius 3 is 2.77 bits per heavy atom. The van der Waals surface area contributed by atoms with Crippen molar-refractivity contribution in [1.82, 2.24) is 15.0 Å². The number of nitrogens with zero attached hydrogens (tertiary/aromatic N) is 2. The molecule has 3 aromatic rings. The fraction of sp³-hybridized carbons (Fsp3) is 0.133. The Bertz CT molecular complexity index is 899. The topological polar surface area (TPSA) is 90.0 Å². The van der Waals surface area contributed by atoms with E-state index in [1.807, 2.05) is 42.7 Å². The maximum atomic E-state index is 12.7. The molecule has 112 valence electrons. The summed E-state index contributed by atoms with van der Waals surface area (Å²) in [5, 5.41) is 0.543. The molecule has 7 heteroatoms. The zero-order valence-corrected chi connectivity index (χ0v) is 12.7. The van der Waals surface area contributed by atoms with Crippen LogP contribution in [0.4, 0.5) is 0 Å². The number of hydrogen-bond acceptors (Lipinski definition) is 5. The predicted octanol–water partition coefficient (Wildman–Crippen LogP) is 1.42. The van der Waals surface area contributed by atoms with Crippen LogP contribution in [0.3, 0.4) is 0 Å². The maximum Gasteiger partial charge on any atom is 0.263 e. The van der Waals surface area contributed by atoms with Crippen molar-refractivity contribution in [3.8, 4) is 11.1 Å². The number of amides is 1. The third-order valence-electron chi connectivity index (χ3n) is 3.39. The number of aryl methyl sites for hydroxylation is 1. The van der Waals surface area contributed by atoms with Gasteiger partial charge < -0.3 is 0 Å². The van der Waals surface area contributed by atoms with Crippen LogP contribution in [0.15, 0.2) is 41.5 Å². The van der Waals surface area contributed by atoms with Gasteiger partial charge in [-0.15, -0.1) is 11.3 Å². The van der Waals surface area contributed by atoms with Crippen molar-refractivity contribution in [3.05, 3.63) is 51.9 Å². The highest BCUT2D eigenvalue weighted by molar-refractivity contribution is 7.19. The number of carbonyl (C=O) groups excluding carboxylic acids is 1. The normalized spacial score (nSPS) is 10.8. The molecule has 2 heterocycles. The van der Waals surface area contributed by atoms with Crippen LogP contribution < -0.4 is 16.8 Å². The standard InChI is InChI=1S/C15H14N4O2S/c1-9-12(10-5-3-2-4-6-10)13-14(22-9)17-8-19(15(13)21)7-11(20)18-16/h2-6,8H,7,16H2,1H3,(H,18,20). The van der Waals surface area contributed by atoms with E-state index in [0.717, 1.165) is 16.0 Å². The highest BCUT2D eigenvalue weighted by Gasteiger charge is 2.17. The quantitative estimate of drug-likeness (QED) is 0.435. The number of benzene rings is 1. The van der Waals surface area contributed by atoms with E-state index in [1.54, 1.807) is 0 Å². The monoisotopic (exact) mass is 314 g/mol. The van der Waals surface area contributed by atoms with Crippen LogP contribution in [0.5, 0.6) is 0 Å². The zero-order chi connectivity index (χ0) is 15.7. The summed E-state index contributed by atoms with van der Waals surface area (Å²) >= 11 is 1.47. The van der Waals surface area contributed by atoms with E-state index in [0.29, 0.717) is 10.2 Å². The summed E-state index contributed by atoms with van der Waals surface area (Å²) in [4.78, 5) is 30.1. The van der Waals surface area contributed by atoms with Gasteiger partial charge in [0.1, 0.15) is 11.4 Å². The lowest BCUT2D eigenvalue weighted by Crippen LogP contribution is -2.36. The van der Waals surface area contributed by atoms with Crippen LogP contribution >= 0.6 is 11.3 Å². The molecule has 1 aromatic carbocycles. The second kappa shape index (κ2) is 5.70. The smallest absolute Gasteiger partial charge is 0.263 e. The molecule has 0 saturated carbocycles. The summed E-state index contributed by atoms with van der Waals surface area (Å²) in [6.07, 6.45) is 1.38. The Balaban J connectivity index is 2.25. The number of hydrogen-bond donors (Lipinski definition) is 2.